The second kappa shape index (κ2) is 27.8. The van der Waals surface area contributed by atoms with Crippen LogP contribution in [0.3, 0.4) is 0 Å². The molecule has 1 aliphatic heterocycles. The fourth-order valence-electron chi connectivity index (χ4n) is 4.07. The van der Waals surface area contributed by atoms with Crippen molar-refractivity contribution in [1.29, 1.82) is 0 Å². The Balaban J connectivity index is 0.00000234. The smallest absolute Gasteiger partial charge is 0.337 e. The van der Waals surface area contributed by atoms with Crippen LogP contribution < -0.4 is 79.8 Å². The number of hydrogen-bond donors (Lipinski definition) is 8. The van der Waals surface area contributed by atoms with E-state index < -0.39 is 30.3 Å². The van der Waals surface area contributed by atoms with Crippen LogP contribution in [-0.4, -0.2) is 111 Å². The number of rotatable bonds is 10. The van der Waals surface area contributed by atoms with Gasteiger partial charge in [0.15, 0.2) is 0 Å². The maximum atomic E-state index is 12.2. The van der Waals surface area contributed by atoms with E-state index in [2.05, 4.69) is 52.3 Å². The molecule has 0 unspecified atom stereocenters. The summed E-state index contributed by atoms with van der Waals surface area (Å²) in [6.07, 6.45) is 0. The SMILES string of the molecule is O=C(NCCN1CNCCNCN(CCNC(=O)Nc2ccc([N+](=O)[O-])cc2)CNCCNC1)Nc1ccc([N+](=O)[O-])cc1.[Cu+2].[O-][Cl+3]([O-])([O-])[O-].[O-][Cl+3]([O-])([O-])[O-]. The van der Waals surface area contributed by atoms with Crippen LogP contribution in [0.15, 0.2) is 48.5 Å². The van der Waals surface area contributed by atoms with E-state index >= 15 is 0 Å². The number of hydrogen-bond acceptors (Lipinski definition) is 20. The molecule has 1 heterocycles. The summed E-state index contributed by atoms with van der Waals surface area (Å²) in [4.78, 5) is 49.2. The van der Waals surface area contributed by atoms with Crippen LogP contribution >= 0.6 is 0 Å². The van der Waals surface area contributed by atoms with Gasteiger partial charge in [-0.15, -0.1) is 20.5 Å². The molecule has 1 saturated heterocycles. The van der Waals surface area contributed by atoms with Crippen LogP contribution in [0.2, 0.25) is 0 Å². The van der Waals surface area contributed by atoms with Crippen molar-refractivity contribution in [2.75, 3.05) is 89.7 Å². The Labute approximate surface area is 328 Å². The first-order valence-corrected chi connectivity index (χ1v) is 17.9. The number of non-ortho nitro benzene ring substituents is 2. The van der Waals surface area contributed by atoms with Gasteiger partial charge in [-0.05, 0) is 24.3 Å². The number of halogens is 2. The summed E-state index contributed by atoms with van der Waals surface area (Å²) in [5.74, 6) is 0. The molecular formula is C26H40Cl2CuN12O14. The monoisotopic (exact) mass is 877 g/mol. The maximum absolute atomic E-state index is 12.2. The zero-order chi connectivity index (χ0) is 40.6. The Morgan fingerprint density at radius 1 is 0.564 bits per heavy atom. The summed E-state index contributed by atoms with van der Waals surface area (Å²) in [5.41, 5.74) is 0.849. The zero-order valence-corrected chi connectivity index (χ0v) is 31.1. The number of carbonyl (C=O) groups is 2. The third-order valence-corrected chi connectivity index (χ3v) is 6.40. The number of carbonyl (C=O) groups excluding carboxylic acids is 2. The number of benzene rings is 2. The number of anilines is 2. The average molecular weight is 879 g/mol. The van der Waals surface area contributed by atoms with Crippen molar-refractivity contribution >= 4 is 34.8 Å². The maximum Gasteiger partial charge on any atom is 2.00 e. The van der Waals surface area contributed by atoms with Gasteiger partial charge in [-0.25, -0.2) is 46.9 Å². The van der Waals surface area contributed by atoms with Gasteiger partial charge in [0.1, 0.15) is 0 Å². The molecule has 4 amide bonds. The summed E-state index contributed by atoms with van der Waals surface area (Å²) in [5, 5.41) is 46.0. The number of nitro groups is 2. The van der Waals surface area contributed by atoms with E-state index in [0.29, 0.717) is 64.2 Å². The predicted molar refractivity (Wildman–Crippen MR) is 165 cm³/mol. The minimum absolute atomic E-state index is 0. The molecule has 2 aromatic rings. The van der Waals surface area contributed by atoms with E-state index in [0.717, 1.165) is 26.2 Å². The molecule has 313 valence electrons. The van der Waals surface area contributed by atoms with E-state index in [-0.39, 0.29) is 40.5 Å². The Morgan fingerprint density at radius 3 is 1.05 bits per heavy atom. The second-order valence-electron chi connectivity index (χ2n) is 10.5. The molecule has 1 fully saturated rings. The van der Waals surface area contributed by atoms with Crippen molar-refractivity contribution in [1.82, 2.24) is 41.7 Å². The van der Waals surface area contributed by atoms with Crippen LogP contribution in [0.25, 0.3) is 0 Å². The van der Waals surface area contributed by atoms with Gasteiger partial charge in [0.25, 0.3) is 11.4 Å². The molecule has 0 spiro atoms. The van der Waals surface area contributed by atoms with Crippen molar-refractivity contribution in [2.45, 2.75) is 0 Å². The van der Waals surface area contributed by atoms with Crippen molar-refractivity contribution in [3.63, 3.8) is 0 Å². The third-order valence-electron chi connectivity index (χ3n) is 6.40. The molecule has 1 radical (unpaired) electrons. The minimum Gasteiger partial charge on any atom is -0.337 e. The van der Waals surface area contributed by atoms with Gasteiger partial charge in [-0.1, -0.05) is 0 Å². The van der Waals surface area contributed by atoms with E-state index in [1.54, 1.807) is 0 Å². The molecular weight excluding hydrogens is 839 g/mol. The summed E-state index contributed by atoms with van der Waals surface area (Å²) in [7, 11) is -9.89. The first-order valence-electron chi connectivity index (χ1n) is 15.4. The average Bonchev–Trinajstić information content (AvgIpc) is 3.06. The topological polar surface area (TPSA) is 408 Å². The molecule has 8 N–H and O–H groups in total. The van der Waals surface area contributed by atoms with Gasteiger partial charge in [0, 0.05) is 115 Å². The number of urea groups is 2. The quantitative estimate of drug-likeness (QED) is 0.0624. The fourth-order valence-corrected chi connectivity index (χ4v) is 4.07. The van der Waals surface area contributed by atoms with Gasteiger partial charge in [-0.2, -0.15) is 0 Å². The number of nitrogens with one attached hydrogen (secondary N) is 8. The third kappa shape index (κ3) is 30.3. The number of nitrogens with zero attached hydrogens (tertiary/aromatic N) is 4. The van der Waals surface area contributed by atoms with E-state index in [4.69, 9.17) is 37.3 Å². The Kier molecular flexibility index (Phi) is 26.0. The molecule has 2 aromatic carbocycles. The molecule has 0 aliphatic carbocycles. The minimum atomic E-state index is -4.94. The molecule has 0 bridgehead atoms. The molecule has 55 heavy (non-hydrogen) atoms. The van der Waals surface area contributed by atoms with E-state index in [1.165, 1.54) is 48.5 Å². The van der Waals surface area contributed by atoms with Crippen LogP contribution in [0.5, 0.6) is 0 Å². The van der Waals surface area contributed by atoms with Crippen LogP contribution in [0.1, 0.15) is 0 Å². The predicted octanol–water partition coefficient (Wildman–Crippen LogP) is -9.26. The van der Waals surface area contributed by atoms with Crippen molar-refractivity contribution in [2.24, 2.45) is 0 Å². The molecule has 3 rings (SSSR count). The number of amides is 4. The molecule has 26 nitrogen and oxygen atoms in total. The van der Waals surface area contributed by atoms with Gasteiger partial charge < -0.3 is 42.5 Å². The molecule has 0 aromatic heterocycles. The van der Waals surface area contributed by atoms with Crippen molar-refractivity contribution in [3.05, 3.63) is 68.8 Å². The van der Waals surface area contributed by atoms with Gasteiger partial charge >= 0.3 is 29.1 Å². The second-order valence-corrected chi connectivity index (χ2v) is 12.1. The van der Waals surface area contributed by atoms with Gasteiger partial charge in [-0.3, -0.25) is 30.0 Å². The van der Waals surface area contributed by atoms with Crippen LogP contribution in [-0.2, 0) is 17.1 Å². The first-order chi connectivity index (χ1) is 25.3. The van der Waals surface area contributed by atoms with Crippen molar-refractivity contribution < 1.29 is 94.3 Å². The first kappa shape index (κ1) is 51.3. The summed E-state index contributed by atoms with van der Waals surface area (Å²) in [6.45, 7) is 7.39. The Hall–Kier alpha value is -3.68. The Morgan fingerprint density at radius 2 is 0.818 bits per heavy atom. The van der Waals surface area contributed by atoms with Crippen LogP contribution in [0.4, 0.5) is 32.3 Å². The number of nitro benzene ring substituents is 2. The largest absolute Gasteiger partial charge is 2.00 e. The molecule has 1 aliphatic rings. The molecule has 0 saturated carbocycles. The van der Waals surface area contributed by atoms with E-state index in [1.807, 2.05) is 0 Å². The molecule has 0 atom stereocenters. The van der Waals surface area contributed by atoms with Gasteiger partial charge in [0.2, 0.25) is 0 Å². The van der Waals surface area contributed by atoms with Crippen molar-refractivity contribution in [3.8, 4) is 0 Å². The fraction of sp³-hybridized carbons (Fsp3) is 0.462. The molecule has 29 heteroatoms. The van der Waals surface area contributed by atoms with E-state index in [9.17, 15) is 29.8 Å². The standard InChI is InChI=1S/C26H40N12O6.2ClHO4.Cu/c39-25(33-21-1-5-23(6-2-21)37(41)42)31-13-15-35-17-27-9-11-29-19-36(20-30-12-10-28-18-35)16-14-32-26(40)34-22-3-7-24(8-4-22)38(43)44;2*2-1(3,4)5;/h1-8,27-30H,9-20H2,(H2,31,33,39)(H2,32,34,40);2*(H,2,3,4,5);/q;;;+2/p-2. The summed E-state index contributed by atoms with van der Waals surface area (Å²) < 4.78 is 67.9. The Bertz CT molecular complexity index is 1280. The summed E-state index contributed by atoms with van der Waals surface area (Å²) >= 11 is 0. The van der Waals surface area contributed by atoms with Crippen LogP contribution in [0, 0.1) is 40.7 Å². The normalized spacial score (nSPS) is 14.8. The van der Waals surface area contributed by atoms with Gasteiger partial charge in [0.05, 0.1) is 9.85 Å². The zero-order valence-electron chi connectivity index (χ0n) is 28.7. The summed E-state index contributed by atoms with van der Waals surface area (Å²) in [6, 6.07) is 10.5.